The summed E-state index contributed by atoms with van der Waals surface area (Å²) >= 11 is 0. The SMILES string of the molecule is OCCCC1CCC(F)(F)CC1. The van der Waals surface area contributed by atoms with E-state index in [1.54, 1.807) is 0 Å². The number of alkyl halides is 2. The summed E-state index contributed by atoms with van der Waals surface area (Å²) in [7, 11) is 0. The van der Waals surface area contributed by atoms with Crippen molar-refractivity contribution in [1.82, 2.24) is 0 Å². The Morgan fingerprint density at radius 1 is 1.25 bits per heavy atom. The summed E-state index contributed by atoms with van der Waals surface area (Å²) in [5.74, 6) is -1.98. The van der Waals surface area contributed by atoms with Crippen LogP contribution in [-0.2, 0) is 0 Å². The molecule has 1 saturated carbocycles. The summed E-state index contributed by atoms with van der Waals surface area (Å²) in [6.45, 7) is 0.187. The molecule has 1 fully saturated rings. The summed E-state index contributed by atoms with van der Waals surface area (Å²) in [4.78, 5) is 0. The molecule has 0 amide bonds. The van der Waals surface area contributed by atoms with E-state index in [9.17, 15) is 8.78 Å². The van der Waals surface area contributed by atoms with Gasteiger partial charge in [0, 0.05) is 19.4 Å². The highest BCUT2D eigenvalue weighted by Crippen LogP contribution is 2.37. The number of hydrogen-bond donors (Lipinski definition) is 1. The zero-order chi connectivity index (χ0) is 9.03. The largest absolute Gasteiger partial charge is 0.396 e. The predicted molar refractivity (Wildman–Crippen MR) is 43.2 cm³/mol. The van der Waals surface area contributed by atoms with Gasteiger partial charge in [0.25, 0.3) is 0 Å². The first kappa shape index (κ1) is 9.90. The highest BCUT2D eigenvalue weighted by Gasteiger charge is 2.34. The van der Waals surface area contributed by atoms with E-state index in [1.165, 1.54) is 0 Å². The molecule has 0 unspecified atom stereocenters. The first-order chi connectivity index (χ1) is 5.64. The van der Waals surface area contributed by atoms with Crippen LogP contribution in [0, 0.1) is 5.92 Å². The normalized spacial score (nSPS) is 24.2. The number of halogens is 2. The molecule has 0 aliphatic heterocycles. The van der Waals surface area contributed by atoms with Crippen molar-refractivity contribution in [2.75, 3.05) is 6.61 Å². The van der Waals surface area contributed by atoms with Gasteiger partial charge in [-0.15, -0.1) is 0 Å². The van der Waals surface area contributed by atoms with Crippen molar-refractivity contribution in [3.05, 3.63) is 0 Å². The van der Waals surface area contributed by atoms with E-state index in [-0.39, 0.29) is 19.4 Å². The van der Waals surface area contributed by atoms with E-state index in [1.807, 2.05) is 0 Å². The van der Waals surface area contributed by atoms with Crippen molar-refractivity contribution < 1.29 is 13.9 Å². The molecule has 0 bridgehead atoms. The molecular formula is C9H16F2O. The summed E-state index contributed by atoms with van der Waals surface area (Å²) in [6, 6.07) is 0. The molecule has 1 nitrogen and oxygen atoms in total. The van der Waals surface area contributed by atoms with Crippen molar-refractivity contribution in [3.63, 3.8) is 0 Å². The van der Waals surface area contributed by atoms with Crippen LogP contribution in [0.1, 0.15) is 38.5 Å². The van der Waals surface area contributed by atoms with Gasteiger partial charge in [0.2, 0.25) is 5.92 Å². The van der Waals surface area contributed by atoms with E-state index in [2.05, 4.69) is 0 Å². The van der Waals surface area contributed by atoms with Crippen LogP contribution < -0.4 is 0 Å². The molecule has 1 rings (SSSR count). The van der Waals surface area contributed by atoms with E-state index < -0.39 is 5.92 Å². The first-order valence-corrected chi connectivity index (χ1v) is 4.63. The fourth-order valence-electron chi connectivity index (χ4n) is 1.77. The fraction of sp³-hybridized carbons (Fsp3) is 1.00. The average molecular weight is 178 g/mol. The monoisotopic (exact) mass is 178 g/mol. The molecule has 72 valence electrons. The lowest BCUT2D eigenvalue weighted by Gasteiger charge is -2.27. The number of aliphatic hydroxyl groups excluding tert-OH is 1. The second kappa shape index (κ2) is 4.17. The van der Waals surface area contributed by atoms with Crippen LogP contribution in [0.15, 0.2) is 0 Å². The number of aliphatic hydroxyl groups is 1. The summed E-state index contributed by atoms with van der Waals surface area (Å²) in [6.07, 6.45) is 3.02. The molecule has 0 atom stereocenters. The molecule has 1 aliphatic rings. The molecule has 1 aliphatic carbocycles. The minimum atomic E-state index is -2.41. The maximum absolute atomic E-state index is 12.7. The third-order valence-corrected chi connectivity index (χ3v) is 2.61. The third kappa shape index (κ3) is 3.05. The molecule has 12 heavy (non-hydrogen) atoms. The topological polar surface area (TPSA) is 20.2 Å². The van der Waals surface area contributed by atoms with Crippen molar-refractivity contribution in [2.45, 2.75) is 44.4 Å². The van der Waals surface area contributed by atoms with Gasteiger partial charge < -0.3 is 5.11 Å². The van der Waals surface area contributed by atoms with Crippen LogP contribution in [0.5, 0.6) is 0 Å². The van der Waals surface area contributed by atoms with Gasteiger partial charge in [0.05, 0.1) is 0 Å². The van der Waals surface area contributed by atoms with Gasteiger partial charge in [0.15, 0.2) is 0 Å². The molecule has 0 heterocycles. The van der Waals surface area contributed by atoms with Gasteiger partial charge in [-0.2, -0.15) is 0 Å². The minimum Gasteiger partial charge on any atom is -0.396 e. The number of hydrogen-bond acceptors (Lipinski definition) is 1. The Bertz CT molecular complexity index is 126. The smallest absolute Gasteiger partial charge is 0.248 e. The lowest BCUT2D eigenvalue weighted by atomic mass is 9.84. The third-order valence-electron chi connectivity index (χ3n) is 2.61. The Kier molecular flexibility index (Phi) is 3.44. The molecule has 0 spiro atoms. The number of rotatable bonds is 3. The Balaban J connectivity index is 2.18. The molecule has 0 aromatic heterocycles. The van der Waals surface area contributed by atoms with Crippen molar-refractivity contribution in [1.29, 1.82) is 0 Å². The summed E-state index contributed by atoms with van der Waals surface area (Å²) in [5, 5.41) is 8.55. The van der Waals surface area contributed by atoms with E-state index in [4.69, 9.17) is 5.11 Å². The minimum absolute atomic E-state index is 0.0447. The van der Waals surface area contributed by atoms with Gasteiger partial charge in [-0.3, -0.25) is 0 Å². The van der Waals surface area contributed by atoms with E-state index in [0.29, 0.717) is 18.8 Å². The molecule has 0 saturated heterocycles. The maximum atomic E-state index is 12.7. The van der Waals surface area contributed by atoms with Gasteiger partial charge in [-0.05, 0) is 31.6 Å². The Morgan fingerprint density at radius 3 is 2.33 bits per heavy atom. The van der Waals surface area contributed by atoms with Gasteiger partial charge in [-0.1, -0.05) is 0 Å². The molecule has 0 aromatic rings. The van der Waals surface area contributed by atoms with Gasteiger partial charge >= 0.3 is 0 Å². The van der Waals surface area contributed by atoms with E-state index in [0.717, 1.165) is 12.8 Å². The zero-order valence-corrected chi connectivity index (χ0v) is 7.23. The maximum Gasteiger partial charge on any atom is 0.248 e. The Labute approximate surface area is 71.8 Å². The van der Waals surface area contributed by atoms with Crippen molar-refractivity contribution in [2.24, 2.45) is 5.92 Å². The summed E-state index contributed by atoms with van der Waals surface area (Å²) in [5.41, 5.74) is 0. The second-order valence-corrected chi connectivity index (χ2v) is 3.67. The van der Waals surface area contributed by atoms with E-state index >= 15 is 0 Å². The lowest BCUT2D eigenvalue weighted by molar-refractivity contribution is -0.0469. The summed E-state index contributed by atoms with van der Waals surface area (Å²) < 4.78 is 25.3. The molecule has 3 heteroatoms. The molecule has 0 radical (unpaired) electrons. The predicted octanol–water partition coefficient (Wildman–Crippen LogP) is 2.58. The van der Waals surface area contributed by atoms with Crippen LogP contribution in [0.2, 0.25) is 0 Å². The molecule has 1 N–H and O–H groups in total. The van der Waals surface area contributed by atoms with Crippen molar-refractivity contribution >= 4 is 0 Å². The lowest BCUT2D eigenvalue weighted by Crippen LogP contribution is -2.24. The fourth-order valence-corrected chi connectivity index (χ4v) is 1.77. The van der Waals surface area contributed by atoms with Gasteiger partial charge in [0.1, 0.15) is 0 Å². The average Bonchev–Trinajstić information content (AvgIpc) is 2.03. The second-order valence-electron chi connectivity index (χ2n) is 3.67. The zero-order valence-electron chi connectivity index (χ0n) is 7.23. The first-order valence-electron chi connectivity index (χ1n) is 4.63. The van der Waals surface area contributed by atoms with Crippen LogP contribution in [0.25, 0.3) is 0 Å². The Hall–Kier alpha value is -0.180. The molecule has 0 aromatic carbocycles. The highest BCUT2D eigenvalue weighted by molar-refractivity contribution is 4.77. The molecular weight excluding hydrogens is 162 g/mol. The standard InChI is InChI=1S/C9H16F2O/c10-9(11)5-3-8(4-6-9)2-1-7-12/h8,12H,1-7H2. The van der Waals surface area contributed by atoms with Crippen molar-refractivity contribution in [3.8, 4) is 0 Å². The quantitative estimate of drug-likeness (QED) is 0.704. The van der Waals surface area contributed by atoms with Crippen LogP contribution >= 0.6 is 0 Å². The van der Waals surface area contributed by atoms with Gasteiger partial charge in [-0.25, -0.2) is 8.78 Å². The Morgan fingerprint density at radius 2 is 1.83 bits per heavy atom. The van der Waals surface area contributed by atoms with Crippen LogP contribution in [0.4, 0.5) is 8.78 Å². The highest BCUT2D eigenvalue weighted by atomic mass is 19.3. The van der Waals surface area contributed by atoms with Crippen LogP contribution in [0.3, 0.4) is 0 Å². The van der Waals surface area contributed by atoms with Crippen LogP contribution in [-0.4, -0.2) is 17.6 Å².